The van der Waals surface area contributed by atoms with Crippen LogP contribution in [0, 0.1) is 11.3 Å². The monoisotopic (exact) mass is 113 g/mol. The Kier molecular flexibility index (Phi) is 1.84. The van der Waals surface area contributed by atoms with E-state index in [1.165, 1.54) is 0 Å². The molecule has 1 unspecified atom stereocenters. The molecule has 1 rings (SSSR count). The van der Waals surface area contributed by atoms with Gasteiger partial charge in [0.2, 0.25) is 0 Å². The summed E-state index contributed by atoms with van der Waals surface area (Å²) in [6.45, 7) is 1.55. The largest absolute Gasteiger partial charge is 0.371 e. The number of nitrogens with zero attached hydrogens (tertiary/aromatic N) is 1. The van der Waals surface area contributed by atoms with Crippen LogP contribution < -0.4 is 0 Å². The summed E-state index contributed by atoms with van der Waals surface area (Å²) < 4.78 is 9.64. The summed E-state index contributed by atoms with van der Waals surface area (Å²) in [5.74, 6) is 0. The van der Waals surface area contributed by atoms with Gasteiger partial charge < -0.3 is 9.47 Å². The summed E-state index contributed by atoms with van der Waals surface area (Å²) >= 11 is 0. The van der Waals surface area contributed by atoms with Gasteiger partial charge >= 0.3 is 0 Å². The maximum atomic E-state index is 7.98. The Bertz CT molecular complexity index is 103. The number of nitriles is 1. The zero-order chi connectivity index (χ0) is 5.82. The van der Waals surface area contributed by atoms with Gasteiger partial charge in [0.1, 0.15) is 12.7 Å². The van der Waals surface area contributed by atoms with E-state index in [9.17, 15) is 0 Å². The molecule has 1 aliphatic heterocycles. The van der Waals surface area contributed by atoms with Crippen molar-refractivity contribution >= 4 is 0 Å². The molecule has 0 spiro atoms. The Morgan fingerprint density at radius 3 is 3.12 bits per heavy atom. The van der Waals surface area contributed by atoms with Crippen LogP contribution in [0.2, 0.25) is 0 Å². The lowest BCUT2D eigenvalue weighted by molar-refractivity contribution is 0.144. The van der Waals surface area contributed by atoms with E-state index in [0.717, 1.165) is 6.61 Å². The first-order valence-corrected chi connectivity index (χ1v) is 2.50. The molecular weight excluding hydrogens is 106 g/mol. The number of hydrogen-bond acceptors (Lipinski definition) is 3. The van der Waals surface area contributed by atoms with Gasteiger partial charge in [-0.05, 0) is 0 Å². The van der Waals surface area contributed by atoms with E-state index in [1.54, 1.807) is 0 Å². The minimum absolute atomic E-state index is 0.180. The molecule has 0 N–H and O–H groups in total. The second-order valence-electron chi connectivity index (χ2n) is 1.63. The van der Waals surface area contributed by atoms with Gasteiger partial charge in [-0.15, -0.1) is 0 Å². The average Bonchev–Trinajstić information content (AvgIpc) is 2.51. The number of rotatable bonds is 3. The Morgan fingerprint density at radius 2 is 2.62 bits per heavy atom. The first-order valence-electron chi connectivity index (χ1n) is 2.50. The molecular formula is C5H7NO2. The van der Waals surface area contributed by atoms with Crippen LogP contribution in [0.15, 0.2) is 0 Å². The summed E-state index contributed by atoms with van der Waals surface area (Å²) in [6.07, 6.45) is 0.281. The molecule has 0 saturated carbocycles. The molecule has 0 aliphatic carbocycles. The van der Waals surface area contributed by atoms with Crippen molar-refractivity contribution in [3.63, 3.8) is 0 Å². The summed E-state index contributed by atoms with van der Waals surface area (Å²) in [6, 6.07) is 1.87. The summed E-state index contributed by atoms with van der Waals surface area (Å²) in [5, 5.41) is 7.98. The number of hydrogen-bond donors (Lipinski definition) is 0. The van der Waals surface area contributed by atoms with Gasteiger partial charge in [0, 0.05) is 0 Å². The molecule has 44 valence electrons. The fourth-order valence-corrected chi connectivity index (χ4v) is 0.400. The molecule has 1 heterocycles. The zero-order valence-electron chi connectivity index (χ0n) is 4.46. The molecule has 1 saturated heterocycles. The van der Waals surface area contributed by atoms with Crippen LogP contribution >= 0.6 is 0 Å². The van der Waals surface area contributed by atoms with Crippen LogP contribution in [-0.2, 0) is 9.47 Å². The lowest BCUT2D eigenvalue weighted by atomic mass is 10.5. The van der Waals surface area contributed by atoms with E-state index < -0.39 is 0 Å². The second-order valence-corrected chi connectivity index (χ2v) is 1.63. The molecule has 8 heavy (non-hydrogen) atoms. The Morgan fingerprint density at radius 1 is 1.88 bits per heavy atom. The van der Waals surface area contributed by atoms with Crippen LogP contribution in [0.25, 0.3) is 0 Å². The lowest BCUT2D eigenvalue weighted by Gasteiger charge is -1.89. The van der Waals surface area contributed by atoms with Gasteiger partial charge in [0.25, 0.3) is 0 Å². The minimum atomic E-state index is 0.180. The van der Waals surface area contributed by atoms with Gasteiger partial charge in [-0.1, -0.05) is 0 Å². The zero-order valence-corrected chi connectivity index (χ0v) is 4.46. The fourth-order valence-electron chi connectivity index (χ4n) is 0.400. The maximum absolute atomic E-state index is 7.98. The van der Waals surface area contributed by atoms with Crippen molar-refractivity contribution in [3.8, 4) is 6.07 Å². The van der Waals surface area contributed by atoms with E-state index >= 15 is 0 Å². The predicted molar refractivity (Wildman–Crippen MR) is 26.2 cm³/mol. The normalized spacial score (nSPS) is 24.6. The van der Waals surface area contributed by atoms with Gasteiger partial charge in [-0.2, -0.15) is 5.26 Å². The van der Waals surface area contributed by atoms with Gasteiger partial charge in [-0.25, -0.2) is 0 Å². The van der Waals surface area contributed by atoms with Crippen molar-refractivity contribution in [2.24, 2.45) is 0 Å². The first kappa shape index (κ1) is 5.54. The van der Waals surface area contributed by atoms with Crippen molar-refractivity contribution in [1.82, 2.24) is 0 Å². The summed E-state index contributed by atoms with van der Waals surface area (Å²) in [7, 11) is 0. The van der Waals surface area contributed by atoms with Crippen molar-refractivity contribution in [2.45, 2.75) is 6.10 Å². The number of epoxide rings is 1. The van der Waals surface area contributed by atoms with Gasteiger partial charge in [-0.3, -0.25) is 0 Å². The molecule has 3 nitrogen and oxygen atoms in total. The lowest BCUT2D eigenvalue weighted by Crippen LogP contribution is -2.00. The van der Waals surface area contributed by atoms with E-state index in [1.807, 2.05) is 6.07 Å². The van der Waals surface area contributed by atoms with Gasteiger partial charge in [0.05, 0.1) is 19.3 Å². The third-order valence-corrected chi connectivity index (χ3v) is 0.873. The minimum Gasteiger partial charge on any atom is -0.371 e. The summed E-state index contributed by atoms with van der Waals surface area (Å²) in [5.41, 5.74) is 0. The molecule has 0 aromatic carbocycles. The van der Waals surface area contributed by atoms with Crippen LogP contribution in [0.1, 0.15) is 0 Å². The van der Waals surface area contributed by atoms with Crippen molar-refractivity contribution in [2.75, 3.05) is 19.8 Å². The third-order valence-electron chi connectivity index (χ3n) is 0.873. The summed E-state index contributed by atoms with van der Waals surface area (Å²) in [4.78, 5) is 0. The highest BCUT2D eigenvalue weighted by Crippen LogP contribution is 2.07. The first-order chi connectivity index (χ1) is 3.93. The van der Waals surface area contributed by atoms with E-state index in [0.29, 0.717) is 6.61 Å². The molecule has 1 atom stereocenters. The highest BCUT2D eigenvalue weighted by Gasteiger charge is 2.21. The highest BCUT2D eigenvalue weighted by atomic mass is 16.6. The van der Waals surface area contributed by atoms with E-state index in [-0.39, 0.29) is 12.7 Å². The standard InChI is InChI=1S/C5H7NO2/c6-1-2-7-3-5-4-8-5/h5H,2-4H2. The van der Waals surface area contributed by atoms with Crippen LogP contribution in [-0.4, -0.2) is 25.9 Å². The van der Waals surface area contributed by atoms with Crippen molar-refractivity contribution in [3.05, 3.63) is 0 Å². The molecule has 0 aromatic rings. The van der Waals surface area contributed by atoms with Crippen LogP contribution in [0.4, 0.5) is 0 Å². The fraction of sp³-hybridized carbons (Fsp3) is 0.800. The van der Waals surface area contributed by atoms with Crippen molar-refractivity contribution in [1.29, 1.82) is 5.26 Å². The molecule has 0 radical (unpaired) electrons. The van der Waals surface area contributed by atoms with E-state index in [4.69, 9.17) is 14.7 Å². The maximum Gasteiger partial charge on any atom is 0.133 e. The quantitative estimate of drug-likeness (QED) is 0.380. The second kappa shape index (κ2) is 2.65. The van der Waals surface area contributed by atoms with Crippen LogP contribution in [0.3, 0.4) is 0 Å². The van der Waals surface area contributed by atoms with Gasteiger partial charge in [0.15, 0.2) is 0 Å². The third kappa shape index (κ3) is 1.92. The molecule has 0 bridgehead atoms. The molecule has 1 fully saturated rings. The topological polar surface area (TPSA) is 45.5 Å². The SMILES string of the molecule is N#CCOCC1CO1. The Hall–Kier alpha value is -0.590. The molecule has 0 amide bonds. The number of ether oxygens (including phenoxy) is 2. The Balaban J connectivity index is 1.83. The van der Waals surface area contributed by atoms with Crippen molar-refractivity contribution < 1.29 is 9.47 Å². The van der Waals surface area contributed by atoms with Crippen LogP contribution in [0.5, 0.6) is 0 Å². The smallest absolute Gasteiger partial charge is 0.133 e. The average molecular weight is 113 g/mol. The molecule has 3 heteroatoms. The molecule has 0 aromatic heterocycles. The molecule has 1 aliphatic rings. The predicted octanol–water partition coefficient (Wildman–Crippen LogP) is -0.0746. The Labute approximate surface area is 47.8 Å². The van der Waals surface area contributed by atoms with E-state index in [2.05, 4.69) is 0 Å². The highest BCUT2D eigenvalue weighted by molar-refractivity contribution is 4.71.